The highest BCUT2D eigenvalue weighted by Crippen LogP contribution is 2.43. The minimum atomic E-state index is -3.78. The van der Waals surface area contributed by atoms with Crippen molar-refractivity contribution in [3.8, 4) is 0 Å². The third kappa shape index (κ3) is 6.25. The van der Waals surface area contributed by atoms with Gasteiger partial charge in [0.2, 0.25) is 17.8 Å². The molecule has 0 amide bonds. The number of hydrogen-bond donors (Lipinski definition) is 6. The molecule has 0 saturated carbocycles. The van der Waals surface area contributed by atoms with Crippen molar-refractivity contribution in [1.82, 2.24) is 15.0 Å². The summed E-state index contributed by atoms with van der Waals surface area (Å²) in [6.07, 6.45) is 4.82. The second-order valence-corrected chi connectivity index (χ2v) is 9.85. The molecule has 1 aliphatic rings. The maximum Gasteiger partial charge on any atom is 0.233 e. The summed E-state index contributed by atoms with van der Waals surface area (Å²) in [7, 11) is -3.78. The topological polar surface area (TPSA) is 135 Å². The zero-order valence-corrected chi connectivity index (χ0v) is 20.1. The predicted molar refractivity (Wildman–Crippen MR) is 137 cm³/mol. The van der Waals surface area contributed by atoms with Crippen molar-refractivity contribution < 1.29 is 13.7 Å². The fourth-order valence-corrected chi connectivity index (χ4v) is 4.04. The highest BCUT2D eigenvalue weighted by atomic mass is 35.5. The molecule has 34 heavy (non-hydrogen) atoms. The average Bonchev–Trinajstić information content (AvgIpc) is 2.77. The second-order valence-electron chi connectivity index (χ2n) is 7.94. The van der Waals surface area contributed by atoms with Crippen molar-refractivity contribution in [1.29, 1.82) is 0 Å². The lowest BCUT2D eigenvalue weighted by atomic mass is 10.0. The van der Waals surface area contributed by atoms with Gasteiger partial charge in [-0.2, -0.15) is 15.0 Å². The van der Waals surface area contributed by atoms with Crippen LogP contribution >= 0.6 is 22.5 Å². The Balaban J connectivity index is 1.62. The third-order valence-corrected chi connectivity index (χ3v) is 6.23. The Hall–Kier alpha value is -3.15. The molecule has 1 heterocycles. The highest BCUT2D eigenvalue weighted by molar-refractivity contribution is 8.19. The molecule has 0 spiro atoms. The highest BCUT2D eigenvalue weighted by Gasteiger charge is 2.16. The molecule has 6 N–H and O–H groups in total. The van der Waals surface area contributed by atoms with Crippen molar-refractivity contribution in [3.63, 3.8) is 0 Å². The van der Waals surface area contributed by atoms with E-state index in [0.29, 0.717) is 28.5 Å². The van der Waals surface area contributed by atoms with Gasteiger partial charge in [-0.3, -0.25) is 0 Å². The van der Waals surface area contributed by atoms with Crippen LogP contribution < -0.4 is 16.0 Å². The van der Waals surface area contributed by atoms with Crippen LogP contribution in [0.5, 0.6) is 0 Å². The van der Waals surface area contributed by atoms with Gasteiger partial charge in [-0.05, 0) is 55.7 Å². The molecule has 0 fully saturated rings. The molecule has 1 aromatic heterocycles. The molecular weight excluding hydrogens is 476 g/mol. The number of aryl methyl sites for hydroxylation is 1. The monoisotopic (exact) mass is 500 g/mol. The smallest absolute Gasteiger partial charge is 0.233 e. The van der Waals surface area contributed by atoms with Gasteiger partial charge in [-0.15, -0.1) is 0 Å². The molecule has 0 radical (unpaired) electrons. The number of aromatic nitrogens is 3. The molecule has 0 bridgehead atoms. The van der Waals surface area contributed by atoms with Gasteiger partial charge in [0.05, 0.1) is 15.6 Å². The third-order valence-electron chi connectivity index (χ3n) is 5.00. The number of hydrogen-bond acceptors (Lipinski definition) is 9. The summed E-state index contributed by atoms with van der Waals surface area (Å²) in [5.74, 6) is 1.21. The summed E-state index contributed by atoms with van der Waals surface area (Å²) in [4.78, 5) is 13.4. The number of allylic oxidation sites excluding steroid dienone is 3. The van der Waals surface area contributed by atoms with E-state index in [1.54, 1.807) is 12.1 Å². The first kappa shape index (κ1) is 24.0. The van der Waals surface area contributed by atoms with Crippen LogP contribution in [0.25, 0.3) is 0 Å². The molecule has 1 unspecified atom stereocenters. The van der Waals surface area contributed by atoms with Crippen LogP contribution in [0.4, 0.5) is 29.2 Å². The predicted octanol–water partition coefficient (Wildman–Crippen LogP) is 6.71. The van der Waals surface area contributed by atoms with Crippen LogP contribution in [0.1, 0.15) is 18.9 Å². The first-order valence-electron chi connectivity index (χ1n) is 10.5. The number of rotatable bonds is 7. The Morgan fingerprint density at radius 2 is 1.32 bits per heavy atom. The lowest BCUT2D eigenvalue weighted by Crippen LogP contribution is -2.12. The molecule has 1 atom stereocenters. The molecule has 0 aliphatic heterocycles. The minimum absolute atomic E-state index is 0.0117. The molecule has 2 aromatic carbocycles. The molecule has 3 aromatic rings. The van der Waals surface area contributed by atoms with Crippen LogP contribution in [0.2, 0.25) is 0 Å². The van der Waals surface area contributed by atoms with Crippen LogP contribution in [-0.4, -0.2) is 28.6 Å². The van der Waals surface area contributed by atoms with E-state index in [2.05, 4.69) is 37.8 Å². The van der Waals surface area contributed by atoms with Crippen LogP contribution in [-0.2, 0) is 0 Å². The van der Waals surface area contributed by atoms with E-state index in [-0.39, 0.29) is 10.8 Å². The van der Waals surface area contributed by atoms with E-state index in [0.717, 1.165) is 23.4 Å². The Kier molecular flexibility index (Phi) is 7.05. The summed E-state index contributed by atoms with van der Waals surface area (Å²) in [6.45, 7) is 4.10. The Morgan fingerprint density at radius 1 is 0.824 bits per heavy atom. The summed E-state index contributed by atoms with van der Waals surface area (Å²) in [6, 6.07) is 13.8. The molecule has 9 nitrogen and oxygen atoms in total. The van der Waals surface area contributed by atoms with Crippen molar-refractivity contribution in [2.24, 2.45) is 5.92 Å². The average molecular weight is 501 g/mol. The van der Waals surface area contributed by atoms with E-state index in [1.165, 1.54) is 12.1 Å². The van der Waals surface area contributed by atoms with Crippen molar-refractivity contribution in [3.05, 3.63) is 77.0 Å². The van der Waals surface area contributed by atoms with E-state index in [9.17, 15) is 13.7 Å². The van der Waals surface area contributed by atoms with Gasteiger partial charge >= 0.3 is 0 Å². The van der Waals surface area contributed by atoms with Crippen molar-refractivity contribution in [2.45, 2.75) is 25.2 Å². The quantitative estimate of drug-likeness (QED) is 0.209. The van der Waals surface area contributed by atoms with Crippen LogP contribution in [0, 0.1) is 12.8 Å². The molecular formula is C23H25ClN6O3S. The molecule has 11 heteroatoms. The fraction of sp³-hybridized carbons (Fsp3) is 0.174. The van der Waals surface area contributed by atoms with E-state index in [1.807, 2.05) is 43.3 Å². The summed E-state index contributed by atoms with van der Waals surface area (Å²) < 4.78 is 28.2. The van der Waals surface area contributed by atoms with Crippen LogP contribution in [0.3, 0.4) is 0 Å². The fourth-order valence-electron chi connectivity index (χ4n) is 3.20. The molecule has 4 rings (SSSR count). The lowest BCUT2D eigenvalue weighted by molar-refractivity contribution is 0.376. The number of nitrogens with one attached hydrogen (secondary N) is 3. The normalized spacial score (nSPS) is 16.4. The standard InChI is InChI=1S/C23H25ClN6O3S/c1-14-3-6-16(7-4-14)25-21-28-22(26-17-8-10-18(11-9-17)34(31,32)33)30-23(29-21)27-20-12-5-15(2)13-19(20)24/h3-4,6-13,15,31-33H,5H2,1-2H3,(H3,25,26,27,28,29,30). The van der Waals surface area contributed by atoms with Crippen molar-refractivity contribution >= 4 is 51.7 Å². The number of nitrogens with zero attached hydrogens (tertiary/aromatic N) is 3. The largest absolute Gasteiger partial charge is 0.324 e. The van der Waals surface area contributed by atoms with E-state index < -0.39 is 10.9 Å². The first-order valence-corrected chi connectivity index (χ1v) is 12.4. The number of anilines is 5. The second kappa shape index (κ2) is 10.00. The van der Waals surface area contributed by atoms with Crippen LogP contribution in [0.15, 0.2) is 76.3 Å². The summed E-state index contributed by atoms with van der Waals surface area (Å²) in [5.41, 5.74) is 3.24. The van der Waals surface area contributed by atoms with Gasteiger partial charge in [0, 0.05) is 11.4 Å². The SMILES string of the molecule is Cc1ccc(Nc2nc(NC3=CCC(C)C=C3Cl)nc(Nc3ccc(S(O)(O)O)cc3)n2)cc1. The number of halogens is 1. The van der Waals surface area contributed by atoms with Crippen molar-refractivity contribution in [2.75, 3.05) is 16.0 Å². The Bertz CT molecular complexity index is 1230. The summed E-state index contributed by atoms with van der Waals surface area (Å²) >= 11 is 6.40. The molecule has 178 valence electrons. The van der Waals surface area contributed by atoms with Gasteiger partial charge in [0.1, 0.15) is 10.9 Å². The van der Waals surface area contributed by atoms with Gasteiger partial charge in [0.15, 0.2) is 0 Å². The van der Waals surface area contributed by atoms with Gasteiger partial charge in [-0.25, -0.2) is 0 Å². The maximum atomic E-state index is 9.40. The van der Waals surface area contributed by atoms with Gasteiger partial charge in [-0.1, -0.05) is 48.4 Å². The maximum absolute atomic E-state index is 9.40. The Morgan fingerprint density at radius 3 is 1.82 bits per heavy atom. The minimum Gasteiger partial charge on any atom is -0.324 e. The Labute approximate surface area is 204 Å². The number of benzene rings is 2. The first-order chi connectivity index (χ1) is 16.2. The molecule has 1 aliphatic carbocycles. The van der Waals surface area contributed by atoms with Gasteiger partial charge < -0.3 is 29.6 Å². The van der Waals surface area contributed by atoms with E-state index >= 15 is 0 Å². The molecule has 0 saturated heterocycles. The zero-order valence-electron chi connectivity index (χ0n) is 18.5. The van der Waals surface area contributed by atoms with E-state index in [4.69, 9.17) is 11.6 Å². The van der Waals surface area contributed by atoms with Gasteiger partial charge in [0.25, 0.3) is 0 Å². The lowest BCUT2D eigenvalue weighted by Gasteiger charge is -2.19. The summed E-state index contributed by atoms with van der Waals surface area (Å²) in [5, 5.41) is 10.0. The zero-order chi connectivity index (χ0) is 24.3.